The lowest BCUT2D eigenvalue weighted by molar-refractivity contribution is -0.484. The Labute approximate surface area is 150 Å². The lowest BCUT2D eigenvalue weighted by atomic mass is 9.67. The van der Waals surface area contributed by atoms with Gasteiger partial charge in [-0.25, -0.2) is 0 Å². The van der Waals surface area contributed by atoms with Gasteiger partial charge in [0.25, 0.3) is 0 Å². The molecule has 0 amide bonds. The molecular weight excluding hydrogens is 338 g/mol. The molecule has 7 nitrogen and oxygen atoms in total. The van der Waals surface area contributed by atoms with Gasteiger partial charge in [-0.15, -0.1) is 0 Å². The third-order valence-corrected chi connectivity index (χ3v) is 4.30. The van der Waals surface area contributed by atoms with Crippen LogP contribution in [0.15, 0.2) is 60.7 Å². The van der Waals surface area contributed by atoms with E-state index in [4.69, 9.17) is 9.47 Å². The Bertz CT molecular complexity index is 759. The van der Waals surface area contributed by atoms with E-state index in [2.05, 4.69) is 0 Å². The number of ether oxygens (including phenoxy) is 2. The summed E-state index contributed by atoms with van der Waals surface area (Å²) >= 11 is 0. The molecule has 0 bridgehead atoms. The minimum Gasteiger partial charge on any atom is -0.468 e. The minimum absolute atomic E-state index is 0.273. The van der Waals surface area contributed by atoms with Crippen LogP contribution in [0.3, 0.4) is 0 Å². The Kier molecular flexibility index (Phi) is 6.06. The molecule has 0 aromatic heterocycles. The second kappa shape index (κ2) is 8.24. The van der Waals surface area contributed by atoms with Gasteiger partial charge in [-0.1, -0.05) is 60.7 Å². The van der Waals surface area contributed by atoms with Crippen LogP contribution < -0.4 is 0 Å². The molecule has 0 spiro atoms. The first kappa shape index (κ1) is 19.1. The number of nitro groups is 1. The molecule has 0 radical (unpaired) electrons. The highest BCUT2D eigenvalue weighted by Gasteiger charge is 2.58. The third kappa shape index (κ3) is 3.42. The predicted octanol–water partition coefficient (Wildman–Crippen LogP) is 2.33. The molecule has 2 aromatic carbocycles. The second-order valence-electron chi connectivity index (χ2n) is 5.64. The van der Waals surface area contributed by atoms with Crippen molar-refractivity contribution in [2.45, 2.75) is 11.3 Å². The summed E-state index contributed by atoms with van der Waals surface area (Å²) < 4.78 is 9.83. The second-order valence-corrected chi connectivity index (χ2v) is 5.64. The molecule has 1 atom stereocenters. The fourth-order valence-electron chi connectivity index (χ4n) is 3.15. The van der Waals surface area contributed by atoms with E-state index in [9.17, 15) is 19.7 Å². The van der Waals surface area contributed by atoms with Gasteiger partial charge in [-0.3, -0.25) is 19.7 Å². The number of carbonyl (C=O) groups is 2. The summed E-state index contributed by atoms with van der Waals surface area (Å²) in [6, 6.07) is 16.5. The van der Waals surface area contributed by atoms with Crippen LogP contribution in [0.25, 0.3) is 0 Å². The van der Waals surface area contributed by atoms with E-state index in [0.29, 0.717) is 5.56 Å². The van der Waals surface area contributed by atoms with Crippen LogP contribution in [0.5, 0.6) is 0 Å². The Balaban J connectivity index is 2.83. The van der Waals surface area contributed by atoms with Crippen molar-refractivity contribution in [3.63, 3.8) is 0 Å². The van der Waals surface area contributed by atoms with Crippen LogP contribution in [0.2, 0.25) is 0 Å². The quantitative estimate of drug-likeness (QED) is 0.327. The van der Waals surface area contributed by atoms with Crippen LogP contribution in [-0.4, -0.2) is 37.6 Å². The first-order valence-corrected chi connectivity index (χ1v) is 7.87. The van der Waals surface area contributed by atoms with Crippen molar-refractivity contribution < 1.29 is 24.0 Å². The van der Waals surface area contributed by atoms with E-state index in [0.717, 1.165) is 14.2 Å². The van der Waals surface area contributed by atoms with Gasteiger partial charge in [-0.2, -0.15) is 0 Å². The van der Waals surface area contributed by atoms with Gasteiger partial charge in [0.1, 0.15) is 0 Å². The lowest BCUT2D eigenvalue weighted by Crippen LogP contribution is -2.52. The fourth-order valence-corrected chi connectivity index (χ4v) is 3.15. The molecule has 0 aliphatic rings. The Morgan fingerprint density at radius 1 is 0.962 bits per heavy atom. The number of benzene rings is 2. The van der Waals surface area contributed by atoms with Crippen molar-refractivity contribution in [2.24, 2.45) is 0 Å². The summed E-state index contributed by atoms with van der Waals surface area (Å²) in [4.78, 5) is 36.6. The van der Waals surface area contributed by atoms with Crippen LogP contribution in [0.4, 0.5) is 0 Å². The molecule has 0 heterocycles. The SMILES string of the molecule is COC(=O)C(C(=O)OC)(c1ccccc1)[C@H](C[N+](=O)[O-])c1ccccc1. The van der Waals surface area contributed by atoms with Crippen molar-refractivity contribution in [3.8, 4) is 0 Å². The maximum Gasteiger partial charge on any atom is 0.328 e. The summed E-state index contributed by atoms with van der Waals surface area (Å²) in [6.45, 7) is -0.650. The molecule has 0 saturated heterocycles. The molecule has 7 heteroatoms. The van der Waals surface area contributed by atoms with E-state index in [1.54, 1.807) is 60.7 Å². The molecule has 0 aliphatic heterocycles. The van der Waals surface area contributed by atoms with Gasteiger partial charge < -0.3 is 9.47 Å². The zero-order valence-corrected chi connectivity index (χ0v) is 14.5. The number of methoxy groups -OCH3 is 2. The zero-order valence-electron chi connectivity index (χ0n) is 14.5. The van der Waals surface area contributed by atoms with Crippen LogP contribution in [-0.2, 0) is 24.5 Å². The van der Waals surface area contributed by atoms with Gasteiger partial charge >= 0.3 is 11.9 Å². The van der Waals surface area contributed by atoms with Crippen LogP contribution in [0.1, 0.15) is 17.0 Å². The van der Waals surface area contributed by atoms with Crippen LogP contribution >= 0.6 is 0 Å². The fraction of sp³-hybridized carbons (Fsp3) is 0.263. The normalized spacial score (nSPS) is 12.1. The standard InChI is InChI=1S/C19H19NO6/c1-25-17(21)19(18(22)26-2,15-11-7-4-8-12-15)16(13-20(23)24)14-9-5-3-6-10-14/h3-12,16H,13H2,1-2H3/t16-/m1/s1. The number of carbonyl (C=O) groups excluding carboxylic acids is 2. The van der Waals surface area contributed by atoms with Crippen LogP contribution in [0, 0.1) is 10.1 Å². The monoisotopic (exact) mass is 357 g/mol. The molecule has 0 fully saturated rings. The third-order valence-electron chi connectivity index (χ3n) is 4.30. The number of rotatable bonds is 7. The van der Waals surface area contributed by atoms with Crippen molar-refractivity contribution in [3.05, 3.63) is 81.9 Å². The Morgan fingerprint density at radius 2 is 1.42 bits per heavy atom. The van der Waals surface area contributed by atoms with Crippen molar-refractivity contribution in [2.75, 3.05) is 20.8 Å². The molecule has 2 aromatic rings. The van der Waals surface area contributed by atoms with Gasteiger partial charge in [0.15, 0.2) is 0 Å². The van der Waals surface area contributed by atoms with Crippen molar-refractivity contribution in [1.29, 1.82) is 0 Å². The van der Waals surface area contributed by atoms with E-state index in [1.807, 2.05) is 0 Å². The average molecular weight is 357 g/mol. The first-order chi connectivity index (χ1) is 12.5. The predicted molar refractivity (Wildman–Crippen MR) is 93.2 cm³/mol. The highest BCUT2D eigenvalue weighted by molar-refractivity contribution is 6.07. The van der Waals surface area contributed by atoms with Gasteiger partial charge in [-0.05, 0) is 11.1 Å². The maximum absolute atomic E-state index is 12.9. The maximum atomic E-state index is 12.9. The minimum atomic E-state index is -2.00. The first-order valence-electron chi connectivity index (χ1n) is 7.87. The zero-order chi connectivity index (χ0) is 19.2. The summed E-state index contributed by atoms with van der Waals surface area (Å²) in [6.07, 6.45) is 0. The van der Waals surface area contributed by atoms with Gasteiger partial charge in [0.05, 0.1) is 20.1 Å². The molecular formula is C19H19NO6. The van der Waals surface area contributed by atoms with Gasteiger partial charge in [0.2, 0.25) is 12.0 Å². The summed E-state index contributed by atoms with van der Waals surface area (Å²) in [7, 11) is 2.27. The Morgan fingerprint density at radius 3 is 1.85 bits per heavy atom. The van der Waals surface area contributed by atoms with E-state index >= 15 is 0 Å². The average Bonchev–Trinajstić information content (AvgIpc) is 2.68. The molecule has 136 valence electrons. The van der Waals surface area contributed by atoms with E-state index in [-0.39, 0.29) is 5.56 Å². The smallest absolute Gasteiger partial charge is 0.328 e. The molecule has 0 saturated carbocycles. The summed E-state index contributed by atoms with van der Waals surface area (Å²) in [5, 5.41) is 11.4. The van der Waals surface area contributed by atoms with Crippen molar-refractivity contribution in [1.82, 2.24) is 0 Å². The van der Waals surface area contributed by atoms with E-state index in [1.165, 1.54) is 0 Å². The number of esters is 2. The highest BCUT2D eigenvalue weighted by atomic mass is 16.6. The summed E-state index contributed by atoms with van der Waals surface area (Å²) in [5.41, 5.74) is -1.27. The largest absolute Gasteiger partial charge is 0.468 e. The molecule has 0 unspecified atom stereocenters. The number of hydrogen-bond donors (Lipinski definition) is 0. The highest BCUT2D eigenvalue weighted by Crippen LogP contribution is 2.42. The van der Waals surface area contributed by atoms with Gasteiger partial charge in [0, 0.05) is 4.92 Å². The lowest BCUT2D eigenvalue weighted by Gasteiger charge is -2.34. The topological polar surface area (TPSA) is 95.7 Å². The molecule has 2 rings (SSSR count). The Hall–Kier alpha value is -3.22. The molecule has 26 heavy (non-hydrogen) atoms. The molecule has 0 N–H and O–H groups in total. The summed E-state index contributed by atoms with van der Waals surface area (Å²) in [5.74, 6) is -2.93. The van der Waals surface area contributed by atoms with Crippen molar-refractivity contribution >= 4 is 11.9 Å². The van der Waals surface area contributed by atoms with E-state index < -0.39 is 34.7 Å². The molecule has 0 aliphatic carbocycles. The number of hydrogen-bond acceptors (Lipinski definition) is 6. The number of nitrogens with zero attached hydrogens (tertiary/aromatic N) is 1.